The first-order valence-corrected chi connectivity index (χ1v) is 6.63. The Morgan fingerprint density at radius 3 is 2.71 bits per heavy atom. The van der Waals surface area contributed by atoms with Gasteiger partial charge in [0, 0.05) is 21.8 Å². The number of para-hydroxylation sites is 1. The highest BCUT2D eigenvalue weighted by atomic mass is 16.5. The van der Waals surface area contributed by atoms with Crippen LogP contribution in [0, 0.1) is 0 Å². The van der Waals surface area contributed by atoms with E-state index in [1.165, 1.54) is 0 Å². The molecule has 0 aliphatic carbocycles. The Bertz CT molecular complexity index is 793. The number of H-pyrrole nitrogens is 1. The largest absolute Gasteiger partial charge is 0.480 e. The topological polar surface area (TPSA) is 82.6 Å². The lowest BCUT2D eigenvalue weighted by Crippen LogP contribution is -2.13. The van der Waals surface area contributed by atoms with E-state index in [2.05, 4.69) is 4.98 Å². The number of hydrogen-bond donors (Lipinski definition) is 3. The number of ether oxygens (including phenoxy) is 1. The highest BCUT2D eigenvalue weighted by Gasteiger charge is 2.11. The lowest BCUT2D eigenvalue weighted by Gasteiger charge is -2.10. The molecule has 0 aliphatic rings. The maximum Gasteiger partial charge on any atom is 0.329 e. The van der Waals surface area contributed by atoms with E-state index >= 15 is 0 Å². The number of carboxylic acid groups (broad SMARTS) is 1. The van der Waals surface area contributed by atoms with Crippen molar-refractivity contribution < 1.29 is 19.7 Å². The zero-order valence-electron chi connectivity index (χ0n) is 11.2. The maximum absolute atomic E-state index is 10.4. The second-order valence-electron chi connectivity index (χ2n) is 4.90. The predicted molar refractivity (Wildman–Crippen MR) is 79.2 cm³/mol. The van der Waals surface area contributed by atoms with Crippen molar-refractivity contribution >= 4 is 27.8 Å². The lowest BCUT2D eigenvalue weighted by molar-refractivity contribution is -0.143. The number of aliphatic carboxylic acids is 1. The summed E-state index contributed by atoms with van der Waals surface area (Å²) in [6, 6.07) is 13.6. The first-order chi connectivity index (χ1) is 10.1. The van der Waals surface area contributed by atoms with E-state index in [-0.39, 0.29) is 6.61 Å². The van der Waals surface area contributed by atoms with Gasteiger partial charge < -0.3 is 19.9 Å². The van der Waals surface area contributed by atoms with Crippen molar-refractivity contribution in [1.82, 2.24) is 4.98 Å². The van der Waals surface area contributed by atoms with E-state index in [1.807, 2.05) is 42.5 Å². The smallest absolute Gasteiger partial charge is 0.329 e. The van der Waals surface area contributed by atoms with E-state index in [4.69, 9.17) is 9.84 Å². The van der Waals surface area contributed by atoms with Crippen LogP contribution in [0.2, 0.25) is 0 Å². The zero-order chi connectivity index (χ0) is 14.8. The number of nitrogens with one attached hydrogen (secondary N) is 1. The molecule has 0 radical (unpaired) electrons. The fourth-order valence-electron chi connectivity index (χ4n) is 2.43. The van der Waals surface area contributed by atoms with Gasteiger partial charge in [-0.05, 0) is 23.8 Å². The van der Waals surface area contributed by atoms with Crippen molar-refractivity contribution in [3.63, 3.8) is 0 Å². The third-order valence-corrected chi connectivity index (χ3v) is 3.42. The molecule has 1 aromatic heterocycles. The number of aromatic nitrogens is 1. The Morgan fingerprint density at radius 2 is 1.90 bits per heavy atom. The number of aromatic amines is 1. The third kappa shape index (κ3) is 2.74. The number of carbonyl (C=O) groups is 1. The minimum Gasteiger partial charge on any atom is -0.480 e. The molecule has 3 rings (SSSR count). The molecule has 108 valence electrons. The second kappa shape index (κ2) is 5.55. The number of fused-ring (bicyclic) bond motifs is 3. The van der Waals surface area contributed by atoms with Gasteiger partial charge in [-0.3, -0.25) is 0 Å². The molecule has 0 bridgehead atoms. The number of benzene rings is 2. The summed E-state index contributed by atoms with van der Waals surface area (Å²) >= 11 is 0. The van der Waals surface area contributed by atoms with Gasteiger partial charge in [-0.25, -0.2) is 4.79 Å². The maximum atomic E-state index is 10.4. The molecule has 0 spiro atoms. The molecule has 0 amide bonds. The van der Waals surface area contributed by atoms with Gasteiger partial charge in [0.25, 0.3) is 0 Å². The van der Waals surface area contributed by atoms with Crippen LogP contribution < -0.4 is 0 Å². The summed E-state index contributed by atoms with van der Waals surface area (Å²) in [4.78, 5) is 13.7. The molecule has 1 heterocycles. The van der Waals surface area contributed by atoms with Crippen molar-refractivity contribution in [3.8, 4) is 0 Å². The van der Waals surface area contributed by atoms with E-state index < -0.39 is 18.7 Å². The number of carboxylic acids is 1. The van der Waals surface area contributed by atoms with Crippen LogP contribution >= 0.6 is 0 Å². The number of hydrogen-bond acceptors (Lipinski definition) is 3. The lowest BCUT2D eigenvalue weighted by atomic mass is 10.1. The summed E-state index contributed by atoms with van der Waals surface area (Å²) in [5.41, 5.74) is 2.75. The predicted octanol–water partition coefficient (Wildman–Crippen LogP) is 2.46. The van der Waals surface area contributed by atoms with Crippen LogP contribution in [0.25, 0.3) is 21.8 Å². The molecule has 1 unspecified atom stereocenters. The Kier molecular flexibility index (Phi) is 3.60. The number of aliphatic hydroxyl groups is 1. The first-order valence-electron chi connectivity index (χ1n) is 6.63. The molecule has 3 aromatic rings. The summed E-state index contributed by atoms with van der Waals surface area (Å²) in [5, 5.41) is 20.7. The molecule has 0 saturated carbocycles. The molecular weight excluding hydrogens is 270 g/mol. The molecular formula is C16H15NO4. The molecule has 2 aromatic carbocycles. The molecule has 0 saturated heterocycles. The molecule has 0 fully saturated rings. The third-order valence-electron chi connectivity index (χ3n) is 3.42. The van der Waals surface area contributed by atoms with Crippen LogP contribution in [0.1, 0.15) is 11.7 Å². The monoisotopic (exact) mass is 285 g/mol. The molecule has 5 nitrogen and oxygen atoms in total. The highest BCUT2D eigenvalue weighted by Crippen LogP contribution is 2.27. The van der Waals surface area contributed by atoms with Gasteiger partial charge >= 0.3 is 5.97 Å². The van der Waals surface area contributed by atoms with Crippen LogP contribution in [-0.2, 0) is 9.53 Å². The second-order valence-corrected chi connectivity index (χ2v) is 4.90. The Labute approximate surface area is 120 Å². The summed E-state index contributed by atoms with van der Waals surface area (Å²) in [7, 11) is 0. The van der Waals surface area contributed by atoms with Crippen LogP contribution in [-0.4, -0.2) is 34.4 Å². The first kappa shape index (κ1) is 13.6. The zero-order valence-corrected chi connectivity index (χ0v) is 11.2. The summed E-state index contributed by atoms with van der Waals surface area (Å²) in [6.07, 6.45) is -0.845. The summed E-state index contributed by atoms with van der Waals surface area (Å²) in [5.74, 6) is -1.05. The molecule has 0 aliphatic heterocycles. The summed E-state index contributed by atoms with van der Waals surface area (Å²) in [6.45, 7) is -0.452. The fraction of sp³-hybridized carbons (Fsp3) is 0.188. The Balaban J connectivity index is 1.89. The fourth-order valence-corrected chi connectivity index (χ4v) is 2.43. The normalized spacial score (nSPS) is 12.8. The van der Waals surface area contributed by atoms with E-state index in [1.54, 1.807) is 0 Å². The van der Waals surface area contributed by atoms with Crippen molar-refractivity contribution in [2.75, 3.05) is 13.2 Å². The van der Waals surface area contributed by atoms with Crippen molar-refractivity contribution in [3.05, 3.63) is 48.0 Å². The average Bonchev–Trinajstić information content (AvgIpc) is 2.84. The van der Waals surface area contributed by atoms with Crippen LogP contribution in [0.5, 0.6) is 0 Å². The van der Waals surface area contributed by atoms with Crippen LogP contribution in [0.15, 0.2) is 42.5 Å². The van der Waals surface area contributed by atoms with Crippen molar-refractivity contribution in [1.29, 1.82) is 0 Å². The van der Waals surface area contributed by atoms with Crippen molar-refractivity contribution in [2.24, 2.45) is 0 Å². The average molecular weight is 285 g/mol. The quantitative estimate of drug-likeness (QED) is 0.672. The van der Waals surface area contributed by atoms with Crippen molar-refractivity contribution in [2.45, 2.75) is 6.10 Å². The SMILES string of the molecule is O=C(O)COCC(O)c1ccc2[nH]c3ccccc3c2c1. The van der Waals surface area contributed by atoms with Crippen LogP contribution in [0.4, 0.5) is 0 Å². The van der Waals surface area contributed by atoms with Gasteiger partial charge in [-0.15, -0.1) is 0 Å². The molecule has 21 heavy (non-hydrogen) atoms. The Morgan fingerprint density at radius 1 is 1.14 bits per heavy atom. The van der Waals surface area contributed by atoms with E-state index in [0.717, 1.165) is 21.8 Å². The van der Waals surface area contributed by atoms with Gasteiger partial charge in [0.2, 0.25) is 0 Å². The number of aliphatic hydroxyl groups excluding tert-OH is 1. The summed E-state index contributed by atoms with van der Waals surface area (Å²) < 4.78 is 4.93. The number of rotatable bonds is 5. The van der Waals surface area contributed by atoms with Gasteiger partial charge in [-0.2, -0.15) is 0 Å². The molecule has 5 heteroatoms. The minimum absolute atomic E-state index is 0.0415. The van der Waals surface area contributed by atoms with Gasteiger partial charge in [-0.1, -0.05) is 24.3 Å². The highest BCUT2D eigenvalue weighted by molar-refractivity contribution is 6.07. The van der Waals surface area contributed by atoms with Gasteiger partial charge in [0.1, 0.15) is 12.7 Å². The Hall–Kier alpha value is -2.37. The van der Waals surface area contributed by atoms with Gasteiger partial charge in [0.15, 0.2) is 0 Å². The standard InChI is InChI=1S/C16H15NO4/c18-15(8-21-9-16(19)20)10-5-6-14-12(7-10)11-3-1-2-4-13(11)17-14/h1-7,15,17-18H,8-9H2,(H,19,20). The van der Waals surface area contributed by atoms with Crippen LogP contribution in [0.3, 0.4) is 0 Å². The van der Waals surface area contributed by atoms with E-state index in [9.17, 15) is 9.90 Å². The molecule has 3 N–H and O–H groups in total. The molecule has 1 atom stereocenters. The van der Waals surface area contributed by atoms with Gasteiger partial charge in [0.05, 0.1) is 6.61 Å². The minimum atomic E-state index is -1.05. The van der Waals surface area contributed by atoms with E-state index in [0.29, 0.717) is 5.56 Å².